The fraction of sp³-hybridized carbons (Fsp3) is 0.111. The molecule has 0 atom stereocenters. The summed E-state index contributed by atoms with van der Waals surface area (Å²) in [5.41, 5.74) is 0.487. The van der Waals surface area contributed by atoms with Crippen LogP contribution in [-0.4, -0.2) is 30.9 Å². The van der Waals surface area contributed by atoms with E-state index >= 15 is 0 Å². The summed E-state index contributed by atoms with van der Waals surface area (Å²) < 4.78 is 15.8. The van der Waals surface area contributed by atoms with Crippen LogP contribution in [0.3, 0.4) is 0 Å². The lowest BCUT2D eigenvalue weighted by atomic mass is 10.1. The van der Waals surface area contributed by atoms with Gasteiger partial charge in [-0.25, -0.2) is 10.1 Å². The highest BCUT2D eigenvalue weighted by Gasteiger charge is 2.21. The van der Waals surface area contributed by atoms with Crippen molar-refractivity contribution in [3.8, 4) is 17.2 Å². The van der Waals surface area contributed by atoms with Crippen LogP contribution in [0.15, 0.2) is 41.4 Å². The number of benzene rings is 2. The van der Waals surface area contributed by atoms with Gasteiger partial charge in [0.05, 0.1) is 18.4 Å². The molecular formula is C18H13ClNO6. The molecule has 3 rings (SSSR count). The molecule has 133 valence electrons. The van der Waals surface area contributed by atoms with E-state index in [4.69, 9.17) is 30.9 Å². The highest BCUT2D eigenvalue weighted by atomic mass is 35.5. The molecule has 1 amide bonds. The van der Waals surface area contributed by atoms with Gasteiger partial charge in [0.25, 0.3) is 5.91 Å². The molecule has 0 fully saturated rings. The lowest BCUT2D eigenvalue weighted by Crippen LogP contribution is -2.13. The maximum Gasteiger partial charge on any atom is 0.337 e. The van der Waals surface area contributed by atoms with Crippen molar-refractivity contribution >= 4 is 35.2 Å². The van der Waals surface area contributed by atoms with E-state index in [1.165, 1.54) is 25.3 Å². The molecule has 0 aliphatic carbocycles. The van der Waals surface area contributed by atoms with E-state index in [-0.39, 0.29) is 23.1 Å². The molecule has 7 nitrogen and oxygen atoms in total. The Morgan fingerprint density at radius 2 is 2.04 bits per heavy atom. The molecule has 1 aliphatic rings. The van der Waals surface area contributed by atoms with Gasteiger partial charge < -0.3 is 19.3 Å². The smallest absolute Gasteiger partial charge is 0.337 e. The minimum absolute atomic E-state index is 0.0276. The van der Waals surface area contributed by atoms with Crippen molar-refractivity contribution in [2.75, 3.05) is 13.9 Å². The van der Waals surface area contributed by atoms with Crippen LogP contribution >= 0.6 is 11.6 Å². The number of rotatable bonds is 5. The van der Waals surface area contributed by atoms with Crippen molar-refractivity contribution in [1.29, 1.82) is 0 Å². The third-order valence-electron chi connectivity index (χ3n) is 3.53. The molecule has 2 aromatic rings. The molecule has 0 saturated heterocycles. The number of ether oxygens (including phenoxy) is 3. The zero-order valence-electron chi connectivity index (χ0n) is 13.6. The van der Waals surface area contributed by atoms with Crippen molar-refractivity contribution in [1.82, 2.24) is 5.32 Å². The summed E-state index contributed by atoms with van der Waals surface area (Å²) in [6.45, 7) is 0.0762. The van der Waals surface area contributed by atoms with Crippen LogP contribution in [0.25, 0.3) is 6.08 Å². The summed E-state index contributed by atoms with van der Waals surface area (Å²) in [5, 5.41) is 12.7. The second kappa shape index (κ2) is 7.37. The topological polar surface area (TPSA) is 96.2 Å². The van der Waals surface area contributed by atoms with Gasteiger partial charge in [0.15, 0.2) is 11.5 Å². The van der Waals surface area contributed by atoms with Crippen molar-refractivity contribution in [3.05, 3.63) is 52.6 Å². The maximum atomic E-state index is 12.2. The predicted octanol–water partition coefficient (Wildman–Crippen LogP) is 3.16. The number of carbonyl (C=O) groups excluding carboxylic acids is 1. The number of carbonyl (C=O) groups is 2. The quantitative estimate of drug-likeness (QED) is 0.807. The normalized spacial score (nSPS) is 12.6. The molecule has 1 radical (unpaired) electrons. The Labute approximate surface area is 153 Å². The SMILES string of the molecule is COc1cc(/C=C(/Cl)C(=O)[N]c2ccccc2C(=O)O)cc2c1OCO2. The number of carboxylic acid groups (broad SMARTS) is 1. The summed E-state index contributed by atoms with van der Waals surface area (Å²) in [6.07, 6.45) is 1.39. The number of hydrogen-bond acceptors (Lipinski definition) is 5. The number of aromatic carboxylic acids is 1. The van der Waals surface area contributed by atoms with Crippen molar-refractivity contribution in [3.63, 3.8) is 0 Å². The van der Waals surface area contributed by atoms with Gasteiger partial charge >= 0.3 is 5.97 Å². The van der Waals surface area contributed by atoms with E-state index in [1.807, 2.05) is 0 Å². The lowest BCUT2D eigenvalue weighted by molar-refractivity contribution is -0.116. The molecule has 1 aliphatic heterocycles. The van der Waals surface area contributed by atoms with Gasteiger partial charge in [-0.2, -0.15) is 0 Å². The first-order valence-corrected chi connectivity index (χ1v) is 7.80. The lowest BCUT2D eigenvalue weighted by Gasteiger charge is -2.07. The molecule has 1 heterocycles. The van der Waals surface area contributed by atoms with E-state index < -0.39 is 11.9 Å². The first kappa shape index (κ1) is 17.6. The summed E-state index contributed by atoms with van der Waals surface area (Å²) in [5.74, 6) is -0.557. The minimum Gasteiger partial charge on any atom is -0.493 e. The third-order valence-corrected chi connectivity index (χ3v) is 3.81. The molecule has 0 aromatic heterocycles. The Morgan fingerprint density at radius 1 is 1.27 bits per heavy atom. The number of para-hydroxylation sites is 1. The zero-order valence-corrected chi connectivity index (χ0v) is 14.3. The Bertz CT molecular complexity index is 909. The van der Waals surface area contributed by atoms with Crippen molar-refractivity contribution in [2.45, 2.75) is 0 Å². The van der Waals surface area contributed by atoms with Gasteiger partial charge in [-0.1, -0.05) is 23.7 Å². The molecule has 2 aromatic carbocycles. The first-order valence-electron chi connectivity index (χ1n) is 7.43. The summed E-state index contributed by atoms with van der Waals surface area (Å²) in [7, 11) is 1.48. The van der Waals surface area contributed by atoms with Crippen LogP contribution in [0.4, 0.5) is 5.69 Å². The largest absolute Gasteiger partial charge is 0.493 e. The van der Waals surface area contributed by atoms with Gasteiger partial charge in [-0.15, -0.1) is 0 Å². The number of halogens is 1. The van der Waals surface area contributed by atoms with Crippen molar-refractivity contribution < 1.29 is 28.9 Å². The second-order valence-corrected chi connectivity index (χ2v) is 5.60. The van der Waals surface area contributed by atoms with Crippen LogP contribution in [-0.2, 0) is 4.79 Å². The third kappa shape index (κ3) is 3.57. The van der Waals surface area contributed by atoms with Crippen LogP contribution in [0, 0.1) is 0 Å². The number of carboxylic acids is 1. The summed E-state index contributed by atoms with van der Waals surface area (Å²) >= 11 is 6.05. The fourth-order valence-corrected chi connectivity index (χ4v) is 2.52. The fourth-order valence-electron chi connectivity index (χ4n) is 2.36. The van der Waals surface area contributed by atoms with Crippen LogP contribution < -0.4 is 19.5 Å². The van der Waals surface area contributed by atoms with Gasteiger partial charge in [-0.3, -0.25) is 4.79 Å². The number of methoxy groups -OCH3 is 1. The molecule has 0 bridgehead atoms. The highest BCUT2D eigenvalue weighted by Crippen LogP contribution is 2.42. The molecule has 8 heteroatoms. The van der Waals surface area contributed by atoms with Gasteiger partial charge in [-0.05, 0) is 35.9 Å². The summed E-state index contributed by atoms with van der Waals surface area (Å²) in [4.78, 5) is 23.4. The number of nitrogens with zero attached hydrogens (tertiary/aromatic N) is 1. The first-order chi connectivity index (χ1) is 12.5. The van der Waals surface area contributed by atoms with Gasteiger partial charge in [0.1, 0.15) is 5.03 Å². The van der Waals surface area contributed by atoms with E-state index in [1.54, 1.807) is 24.3 Å². The summed E-state index contributed by atoms with van der Waals surface area (Å²) in [6, 6.07) is 9.19. The van der Waals surface area contributed by atoms with Crippen LogP contribution in [0.2, 0.25) is 0 Å². The minimum atomic E-state index is -1.18. The predicted molar refractivity (Wildman–Crippen MR) is 93.1 cm³/mol. The van der Waals surface area contributed by atoms with E-state index in [0.717, 1.165) is 0 Å². The van der Waals surface area contributed by atoms with Crippen LogP contribution in [0.1, 0.15) is 15.9 Å². The monoisotopic (exact) mass is 374 g/mol. The Balaban J connectivity index is 1.84. The molecular weight excluding hydrogens is 362 g/mol. The van der Waals surface area contributed by atoms with Gasteiger partial charge in [0.2, 0.25) is 12.5 Å². The number of amides is 1. The molecule has 26 heavy (non-hydrogen) atoms. The molecule has 1 N–H and O–H groups in total. The number of fused-ring (bicyclic) bond motifs is 1. The van der Waals surface area contributed by atoms with Crippen molar-refractivity contribution in [2.24, 2.45) is 0 Å². The molecule has 0 spiro atoms. The van der Waals surface area contributed by atoms with Crippen LogP contribution in [0.5, 0.6) is 17.2 Å². The Morgan fingerprint density at radius 3 is 2.77 bits per heavy atom. The van der Waals surface area contributed by atoms with E-state index in [2.05, 4.69) is 5.32 Å². The average molecular weight is 375 g/mol. The van der Waals surface area contributed by atoms with E-state index in [9.17, 15) is 9.59 Å². The maximum absolute atomic E-state index is 12.2. The van der Waals surface area contributed by atoms with Gasteiger partial charge in [0, 0.05) is 0 Å². The second-order valence-electron chi connectivity index (χ2n) is 5.19. The average Bonchev–Trinajstić information content (AvgIpc) is 3.09. The molecule has 0 saturated carbocycles. The number of hydrogen-bond donors (Lipinski definition) is 1. The Kier molecular flexibility index (Phi) is 4.99. The molecule has 0 unspecified atom stereocenters. The highest BCUT2D eigenvalue weighted by molar-refractivity contribution is 6.44. The zero-order chi connectivity index (χ0) is 18.7. The standard InChI is InChI=1S/C18H13ClNO6/c1-24-14-7-10(8-15-16(14)26-9-25-15)6-12(19)17(21)20-13-5-3-2-4-11(13)18(22)23/h2-8H,9H2,1H3,(H,22,23)/b12-6+. The Hall–Kier alpha value is -3.19. The van der Waals surface area contributed by atoms with E-state index in [0.29, 0.717) is 22.8 Å².